The molecule has 0 bridgehead atoms. The second-order valence-corrected chi connectivity index (χ2v) is 6.89. The number of amides is 1. The first kappa shape index (κ1) is 14.3. The third-order valence-corrected chi connectivity index (χ3v) is 5.45. The Kier molecular flexibility index (Phi) is 3.79. The number of rotatable bonds is 2. The van der Waals surface area contributed by atoms with Crippen LogP contribution in [0.5, 0.6) is 0 Å². The highest BCUT2D eigenvalue weighted by Crippen LogP contribution is 2.33. The molecule has 1 aromatic carbocycles. The van der Waals surface area contributed by atoms with Crippen LogP contribution in [0.4, 0.5) is 0 Å². The molecule has 0 radical (unpaired) electrons. The lowest BCUT2D eigenvalue weighted by atomic mass is 9.98. The van der Waals surface area contributed by atoms with Gasteiger partial charge in [-0.25, -0.2) is 4.98 Å². The van der Waals surface area contributed by atoms with Crippen molar-refractivity contribution in [2.75, 3.05) is 13.1 Å². The van der Waals surface area contributed by atoms with Crippen molar-refractivity contribution in [1.29, 1.82) is 0 Å². The van der Waals surface area contributed by atoms with Crippen molar-refractivity contribution in [3.8, 4) is 0 Å². The molecule has 1 aliphatic heterocycles. The summed E-state index contributed by atoms with van der Waals surface area (Å²) < 4.78 is 1.22. The number of hydrogen-bond acceptors (Lipinski definition) is 4. The van der Waals surface area contributed by atoms with Gasteiger partial charge in [0.25, 0.3) is 5.91 Å². The van der Waals surface area contributed by atoms with Gasteiger partial charge in [0.15, 0.2) is 0 Å². The number of para-hydroxylation sites is 1. The van der Waals surface area contributed by atoms with Gasteiger partial charge < -0.3 is 4.90 Å². The van der Waals surface area contributed by atoms with E-state index in [2.05, 4.69) is 17.1 Å². The van der Waals surface area contributed by atoms with Crippen molar-refractivity contribution >= 4 is 27.5 Å². The molecule has 1 unspecified atom stereocenters. The number of benzene rings is 1. The molecule has 23 heavy (non-hydrogen) atoms. The van der Waals surface area contributed by atoms with Gasteiger partial charge >= 0.3 is 0 Å². The van der Waals surface area contributed by atoms with E-state index < -0.39 is 0 Å². The Morgan fingerprint density at radius 1 is 1.17 bits per heavy atom. The van der Waals surface area contributed by atoms with E-state index in [9.17, 15) is 4.79 Å². The SMILES string of the molecule is O=C(c1ccccn1)N1CCCC(c2nc3ccccc3s2)C1. The number of likely N-dealkylation sites (tertiary alicyclic amines) is 1. The summed E-state index contributed by atoms with van der Waals surface area (Å²) in [5, 5.41) is 1.14. The van der Waals surface area contributed by atoms with Gasteiger partial charge in [0.1, 0.15) is 5.69 Å². The number of fused-ring (bicyclic) bond motifs is 1. The molecular formula is C18H17N3OS. The average molecular weight is 323 g/mol. The van der Waals surface area contributed by atoms with Gasteiger partial charge in [0.2, 0.25) is 0 Å². The molecule has 1 amide bonds. The molecule has 1 saturated heterocycles. The standard InChI is InChI=1S/C18H17N3OS/c22-18(15-8-3-4-10-19-15)21-11-5-6-13(12-21)17-20-14-7-1-2-9-16(14)23-17/h1-4,7-10,13H,5-6,11-12H2. The number of nitrogens with zero attached hydrogens (tertiary/aromatic N) is 3. The zero-order chi connectivity index (χ0) is 15.6. The highest BCUT2D eigenvalue weighted by Gasteiger charge is 2.27. The summed E-state index contributed by atoms with van der Waals surface area (Å²) in [5.74, 6) is 0.352. The minimum absolute atomic E-state index is 0.0245. The Labute approximate surface area is 138 Å². The number of pyridine rings is 1. The Bertz CT molecular complexity index is 797. The number of carbonyl (C=O) groups is 1. The first-order chi connectivity index (χ1) is 11.3. The summed E-state index contributed by atoms with van der Waals surface area (Å²) >= 11 is 1.75. The van der Waals surface area contributed by atoms with Gasteiger partial charge in [-0.15, -0.1) is 11.3 Å². The van der Waals surface area contributed by atoms with E-state index in [1.807, 2.05) is 29.2 Å². The average Bonchev–Trinajstić information content (AvgIpc) is 3.06. The Morgan fingerprint density at radius 3 is 2.87 bits per heavy atom. The van der Waals surface area contributed by atoms with Crippen LogP contribution in [0.25, 0.3) is 10.2 Å². The van der Waals surface area contributed by atoms with Gasteiger partial charge in [-0.2, -0.15) is 0 Å². The molecule has 4 nitrogen and oxygen atoms in total. The van der Waals surface area contributed by atoms with Crippen molar-refractivity contribution in [3.63, 3.8) is 0 Å². The smallest absolute Gasteiger partial charge is 0.272 e. The summed E-state index contributed by atoms with van der Waals surface area (Å²) in [6.45, 7) is 1.53. The van der Waals surface area contributed by atoms with Crippen LogP contribution in [0.15, 0.2) is 48.7 Å². The number of carbonyl (C=O) groups excluding carboxylic acids is 1. The monoisotopic (exact) mass is 323 g/mol. The fraction of sp³-hybridized carbons (Fsp3) is 0.278. The van der Waals surface area contributed by atoms with Crippen molar-refractivity contribution in [2.24, 2.45) is 0 Å². The zero-order valence-electron chi connectivity index (χ0n) is 12.7. The van der Waals surface area contributed by atoms with Crippen LogP contribution in [0.2, 0.25) is 0 Å². The van der Waals surface area contributed by atoms with Gasteiger partial charge in [0.05, 0.1) is 15.2 Å². The second kappa shape index (κ2) is 6.08. The Morgan fingerprint density at radius 2 is 2.04 bits per heavy atom. The van der Waals surface area contributed by atoms with E-state index in [1.165, 1.54) is 4.70 Å². The first-order valence-electron chi connectivity index (χ1n) is 7.87. The molecule has 0 N–H and O–H groups in total. The lowest BCUT2D eigenvalue weighted by Gasteiger charge is -2.31. The maximum Gasteiger partial charge on any atom is 0.272 e. The van der Waals surface area contributed by atoms with Crippen molar-refractivity contribution < 1.29 is 4.79 Å². The third kappa shape index (κ3) is 2.84. The summed E-state index contributed by atoms with van der Waals surface area (Å²) in [7, 11) is 0. The van der Waals surface area contributed by atoms with Crippen LogP contribution in [0.3, 0.4) is 0 Å². The van der Waals surface area contributed by atoms with Crippen LogP contribution in [-0.4, -0.2) is 33.9 Å². The van der Waals surface area contributed by atoms with E-state index in [0.717, 1.165) is 36.5 Å². The molecule has 5 heteroatoms. The molecular weight excluding hydrogens is 306 g/mol. The van der Waals surface area contributed by atoms with Crippen LogP contribution >= 0.6 is 11.3 Å². The maximum atomic E-state index is 12.6. The van der Waals surface area contributed by atoms with Crippen molar-refractivity contribution in [3.05, 3.63) is 59.4 Å². The van der Waals surface area contributed by atoms with Gasteiger partial charge in [-0.3, -0.25) is 9.78 Å². The van der Waals surface area contributed by atoms with Crippen LogP contribution < -0.4 is 0 Å². The second-order valence-electron chi connectivity index (χ2n) is 5.83. The number of hydrogen-bond donors (Lipinski definition) is 0. The fourth-order valence-electron chi connectivity index (χ4n) is 3.08. The van der Waals surface area contributed by atoms with Gasteiger partial charge in [-0.05, 0) is 37.1 Å². The topological polar surface area (TPSA) is 46.1 Å². The lowest BCUT2D eigenvalue weighted by Crippen LogP contribution is -2.39. The van der Waals surface area contributed by atoms with Crippen LogP contribution in [-0.2, 0) is 0 Å². The van der Waals surface area contributed by atoms with E-state index in [1.54, 1.807) is 23.6 Å². The minimum Gasteiger partial charge on any atom is -0.337 e. The summed E-state index contributed by atoms with van der Waals surface area (Å²) in [6.07, 6.45) is 3.77. The van der Waals surface area contributed by atoms with Crippen molar-refractivity contribution in [2.45, 2.75) is 18.8 Å². The summed E-state index contributed by atoms with van der Waals surface area (Å²) in [6, 6.07) is 13.7. The molecule has 0 aliphatic carbocycles. The third-order valence-electron chi connectivity index (χ3n) is 4.25. The highest BCUT2D eigenvalue weighted by atomic mass is 32.1. The fourth-order valence-corrected chi connectivity index (χ4v) is 4.17. The molecule has 0 spiro atoms. The normalized spacial score (nSPS) is 18.3. The molecule has 1 fully saturated rings. The Hall–Kier alpha value is -2.27. The molecule has 3 heterocycles. The van der Waals surface area contributed by atoms with E-state index in [4.69, 9.17) is 4.98 Å². The van der Waals surface area contributed by atoms with E-state index in [-0.39, 0.29) is 5.91 Å². The number of thiazole rings is 1. The molecule has 1 atom stereocenters. The largest absolute Gasteiger partial charge is 0.337 e. The van der Waals surface area contributed by atoms with Crippen LogP contribution in [0, 0.1) is 0 Å². The van der Waals surface area contributed by atoms with Gasteiger partial charge in [0, 0.05) is 25.2 Å². The quantitative estimate of drug-likeness (QED) is 0.722. The number of aromatic nitrogens is 2. The van der Waals surface area contributed by atoms with E-state index >= 15 is 0 Å². The molecule has 3 aromatic rings. The van der Waals surface area contributed by atoms with Crippen LogP contribution in [0.1, 0.15) is 34.3 Å². The van der Waals surface area contributed by atoms with Crippen molar-refractivity contribution in [1.82, 2.24) is 14.9 Å². The van der Waals surface area contributed by atoms with Gasteiger partial charge in [-0.1, -0.05) is 18.2 Å². The Balaban J connectivity index is 1.56. The molecule has 2 aromatic heterocycles. The summed E-state index contributed by atoms with van der Waals surface area (Å²) in [5.41, 5.74) is 1.58. The molecule has 1 aliphatic rings. The highest BCUT2D eigenvalue weighted by molar-refractivity contribution is 7.18. The molecule has 116 valence electrons. The lowest BCUT2D eigenvalue weighted by molar-refractivity contribution is 0.0701. The molecule has 0 saturated carbocycles. The zero-order valence-corrected chi connectivity index (χ0v) is 13.5. The number of piperidine rings is 1. The minimum atomic E-state index is 0.0245. The molecule has 4 rings (SSSR count). The van der Waals surface area contributed by atoms with E-state index in [0.29, 0.717) is 11.6 Å². The summed E-state index contributed by atoms with van der Waals surface area (Å²) in [4.78, 5) is 23.5. The maximum absolute atomic E-state index is 12.6. The first-order valence-corrected chi connectivity index (χ1v) is 8.69. The predicted octanol–water partition coefficient (Wildman–Crippen LogP) is 3.71. The predicted molar refractivity (Wildman–Crippen MR) is 91.7 cm³/mol.